The molecular weight excluding hydrogens is 482 g/mol. The number of nitrogens with zero attached hydrogens (tertiary/aromatic N) is 2. The number of aliphatic hydroxyl groups is 2. The van der Waals surface area contributed by atoms with Gasteiger partial charge in [0.2, 0.25) is 0 Å². The number of carbonyl (C=O) groups is 1. The van der Waals surface area contributed by atoms with E-state index in [0.717, 1.165) is 6.92 Å². The normalized spacial score (nSPS) is 15.3. The number of amides is 1. The van der Waals surface area contributed by atoms with Crippen molar-refractivity contribution in [1.29, 1.82) is 0 Å². The maximum Gasteiger partial charge on any atom is 0.270 e. The highest BCUT2D eigenvalue weighted by atomic mass is 19.3. The van der Waals surface area contributed by atoms with Crippen molar-refractivity contribution < 1.29 is 28.5 Å². The Kier molecular flexibility index (Phi) is 7.82. The van der Waals surface area contributed by atoms with Crippen LogP contribution in [0, 0.1) is 6.92 Å². The van der Waals surface area contributed by atoms with Crippen LogP contribution >= 0.6 is 0 Å². The summed E-state index contributed by atoms with van der Waals surface area (Å²) < 4.78 is 32.8. The van der Waals surface area contributed by atoms with Gasteiger partial charge in [-0.15, -0.1) is 0 Å². The summed E-state index contributed by atoms with van der Waals surface area (Å²) in [5, 5.41) is 26.3. The van der Waals surface area contributed by atoms with Crippen LogP contribution in [0.2, 0.25) is 0 Å². The Balaban J connectivity index is 1.67. The molecule has 0 aliphatic carbocycles. The summed E-state index contributed by atoms with van der Waals surface area (Å²) in [6, 6.07) is 10.6. The van der Waals surface area contributed by atoms with Crippen LogP contribution in [-0.2, 0) is 16.3 Å². The lowest BCUT2D eigenvalue weighted by Gasteiger charge is -2.32. The number of halogens is 2. The molecule has 1 fully saturated rings. The lowest BCUT2D eigenvalue weighted by Crippen LogP contribution is -2.34. The maximum atomic E-state index is 13.7. The summed E-state index contributed by atoms with van der Waals surface area (Å²) >= 11 is 0. The SMILES string of the molecule is Cc1ncc(NC(=O)c2cccc(C(C)(F)F)c2)cc1-c1cc(NCCO)nc(C2(O)CCOCC2)c1. The lowest BCUT2D eigenvalue weighted by molar-refractivity contribution is -0.0704. The molecule has 0 spiro atoms. The van der Waals surface area contributed by atoms with E-state index in [9.17, 15) is 23.8 Å². The second-order valence-electron chi connectivity index (χ2n) is 9.20. The van der Waals surface area contributed by atoms with Crippen molar-refractivity contribution in [3.8, 4) is 11.1 Å². The van der Waals surface area contributed by atoms with Crippen molar-refractivity contribution in [3.63, 3.8) is 0 Å². The highest BCUT2D eigenvalue weighted by molar-refractivity contribution is 6.04. The quantitative estimate of drug-likeness (QED) is 0.357. The van der Waals surface area contributed by atoms with Crippen molar-refractivity contribution in [1.82, 2.24) is 9.97 Å². The largest absolute Gasteiger partial charge is 0.395 e. The van der Waals surface area contributed by atoms with E-state index in [-0.39, 0.29) is 24.3 Å². The van der Waals surface area contributed by atoms with Gasteiger partial charge in [-0.1, -0.05) is 12.1 Å². The molecule has 3 heterocycles. The van der Waals surface area contributed by atoms with Crippen molar-refractivity contribution in [3.05, 3.63) is 71.2 Å². The molecule has 0 saturated carbocycles. The van der Waals surface area contributed by atoms with E-state index in [1.807, 2.05) is 6.92 Å². The van der Waals surface area contributed by atoms with Crippen molar-refractivity contribution in [2.24, 2.45) is 0 Å². The lowest BCUT2D eigenvalue weighted by atomic mass is 9.88. The topological polar surface area (TPSA) is 117 Å². The molecule has 4 N–H and O–H groups in total. The Labute approximate surface area is 213 Å². The maximum absolute atomic E-state index is 13.7. The fourth-order valence-electron chi connectivity index (χ4n) is 4.19. The molecule has 0 radical (unpaired) electrons. The van der Waals surface area contributed by atoms with Crippen LogP contribution in [0.3, 0.4) is 0 Å². The minimum Gasteiger partial charge on any atom is -0.395 e. The minimum atomic E-state index is -3.07. The zero-order valence-electron chi connectivity index (χ0n) is 20.7. The fraction of sp³-hybridized carbons (Fsp3) is 0.370. The van der Waals surface area contributed by atoms with Crippen LogP contribution in [0.25, 0.3) is 11.1 Å². The number of aromatic nitrogens is 2. The van der Waals surface area contributed by atoms with Gasteiger partial charge in [0.15, 0.2) is 0 Å². The Hall–Kier alpha value is -3.47. The number of aryl methyl sites for hydroxylation is 1. The summed E-state index contributed by atoms with van der Waals surface area (Å²) in [5.41, 5.74) is 1.62. The molecule has 196 valence electrons. The standard InChI is InChI=1S/C27H30F2N4O4/c1-17-22(15-21(16-31-17)32-25(35)18-4-3-5-20(12-18)26(2,28)29)19-13-23(27(36)6-10-37-11-7-27)33-24(14-19)30-8-9-34/h3-5,12-16,34,36H,6-11H2,1-2H3,(H,30,33)(H,32,35). The van der Waals surface area contributed by atoms with E-state index >= 15 is 0 Å². The zero-order chi connectivity index (χ0) is 26.6. The minimum absolute atomic E-state index is 0.0907. The van der Waals surface area contributed by atoms with Gasteiger partial charge in [0.25, 0.3) is 11.8 Å². The van der Waals surface area contributed by atoms with Crippen LogP contribution in [-0.4, -0.2) is 52.5 Å². The molecule has 3 aromatic rings. The molecule has 10 heteroatoms. The number of carbonyl (C=O) groups excluding carboxylic acids is 1. The highest BCUT2D eigenvalue weighted by Gasteiger charge is 2.34. The van der Waals surface area contributed by atoms with E-state index < -0.39 is 17.4 Å². The summed E-state index contributed by atoms with van der Waals surface area (Å²) in [7, 11) is 0. The number of aliphatic hydroxyl groups excluding tert-OH is 1. The smallest absolute Gasteiger partial charge is 0.270 e. The van der Waals surface area contributed by atoms with Crippen LogP contribution in [0.4, 0.5) is 20.3 Å². The van der Waals surface area contributed by atoms with E-state index in [4.69, 9.17) is 4.74 Å². The number of hydrogen-bond acceptors (Lipinski definition) is 7. The molecule has 1 amide bonds. The molecule has 8 nitrogen and oxygen atoms in total. The van der Waals surface area contributed by atoms with Gasteiger partial charge in [-0.25, -0.2) is 13.8 Å². The molecule has 0 bridgehead atoms. The second-order valence-corrected chi connectivity index (χ2v) is 9.20. The van der Waals surface area contributed by atoms with Crippen molar-refractivity contribution in [2.75, 3.05) is 37.0 Å². The molecule has 4 rings (SSSR count). The molecule has 1 aliphatic heterocycles. The number of pyridine rings is 2. The first-order chi connectivity index (χ1) is 17.6. The number of hydrogen-bond donors (Lipinski definition) is 4. The third kappa shape index (κ3) is 6.27. The first kappa shape index (κ1) is 26.6. The van der Waals surface area contributed by atoms with Crippen molar-refractivity contribution >= 4 is 17.4 Å². The molecule has 1 saturated heterocycles. The van der Waals surface area contributed by atoms with Gasteiger partial charge in [-0.2, -0.15) is 0 Å². The first-order valence-corrected chi connectivity index (χ1v) is 12.0. The Morgan fingerprint density at radius 1 is 1.19 bits per heavy atom. The summed E-state index contributed by atoms with van der Waals surface area (Å²) in [6.07, 6.45) is 2.28. The highest BCUT2D eigenvalue weighted by Crippen LogP contribution is 2.35. The number of alkyl halides is 2. The van der Waals surface area contributed by atoms with Gasteiger partial charge in [0.05, 0.1) is 24.2 Å². The van der Waals surface area contributed by atoms with Crippen LogP contribution in [0.15, 0.2) is 48.7 Å². The number of anilines is 2. The fourth-order valence-corrected chi connectivity index (χ4v) is 4.19. The Morgan fingerprint density at radius 3 is 2.65 bits per heavy atom. The average molecular weight is 513 g/mol. The predicted octanol–water partition coefficient (Wildman–Crippen LogP) is 4.22. The van der Waals surface area contributed by atoms with Crippen LogP contribution in [0.1, 0.15) is 47.1 Å². The van der Waals surface area contributed by atoms with Gasteiger partial charge in [-0.3, -0.25) is 9.78 Å². The monoisotopic (exact) mass is 512 g/mol. The Bertz CT molecular complexity index is 1270. The van der Waals surface area contributed by atoms with E-state index in [0.29, 0.717) is 60.1 Å². The first-order valence-electron chi connectivity index (χ1n) is 12.0. The predicted molar refractivity (Wildman–Crippen MR) is 136 cm³/mol. The average Bonchev–Trinajstić information content (AvgIpc) is 2.88. The second kappa shape index (κ2) is 10.9. The number of ether oxygens (including phenoxy) is 1. The van der Waals surface area contributed by atoms with Gasteiger partial charge >= 0.3 is 0 Å². The van der Waals surface area contributed by atoms with E-state index in [1.54, 1.807) is 18.2 Å². The Morgan fingerprint density at radius 2 is 1.95 bits per heavy atom. The molecule has 0 atom stereocenters. The zero-order valence-corrected chi connectivity index (χ0v) is 20.7. The number of nitrogens with one attached hydrogen (secondary N) is 2. The molecule has 0 unspecified atom stereocenters. The van der Waals surface area contributed by atoms with Crippen LogP contribution < -0.4 is 10.6 Å². The van der Waals surface area contributed by atoms with Crippen LogP contribution in [0.5, 0.6) is 0 Å². The third-order valence-electron chi connectivity index (χ3n) is 6.33. The van der Waals surface area contributed by atoms with E-state index in [1.165, 1.54) is 30.5 Å². The van der Waals surface area contributed by atoms with Gasteiger partial charge in [0, 0.05) is 61.9 Å². The van der Waals surface area contributed by atoms with Gasteiger partial charge < -0.3 is 25.6 Å². The summed E-state index contributed by atoms with van der Waals surface area (Å²) in [5.74, 6) is -3.13. The number of benzene rings is 1. The molecule has 1 aromatic carbocycles. The van der Waals surface area contributed by atoms with E-state index in [2.05, 4.69) is 20.6 Å². The number of rotatable bonds is 8. The molecule has 2 aromatic heterocycles. The molecule has 37 heavy (non-hydrogen) atoms. The molecule has 1 aliphatic rings. The molecular formula is C27H30F2N4O4. The third-order valence-corrected chi connectivity index (χ3v) is 6.33. The summed E-state index contributed by atoms with van der Waals surface area (Å²) in [6.45, 7) is 3.61. The van der Waals surface area contributed by atoms with Gasteiger partial charge in [-0.05, 0) is 42.8 Å². The van der Waals surface area contributed by atoms with Crippen molar-refractivity contribution in [2.45, 2.75) is 38.2 Å². The summed E-state index contributed by atoms with van der Waals surface area (Å²) in [4.78, 5) is 21.8. The van der Waals surface area contributed by atoms with Gasteiger partial charge in [0.1, 0.15) is 11.4 Å².